The molecule has 1 aromatic rings. The van der Waals surface area contributed by atoms with Crippen LogP contribution in [0, 0.1) is 5.41 Å². The summed E-state index contributed by atoms with van der Waals surface area (Å²) in [5.74, 6) is 1.59. The summed E-state index contributed by atoms with van der Waals surface area (Å²) in [4.78, 5) is 4.40. The van der Waals surface area contributed by atoms with E-state index in [1.165, 1.54) is 5.56 Å². The number of aliphatic imine (C=N–C) groups is 1. The first kappa shape index (κ1) is 13.6. The van der Waals surface area contributed by atoms with Gasteiger partial charge in [-0.05, 0) is 24.1 Å². The summed E-state index contributed by atoms with van der Waals surface area (Å²) in [7, 11) is 1.67. The molecule has 2 N–H and O–H groups in total. The Hall–Kier alpha value is -1.51. The van der Waals surface area contributed by atoms with E-state index in [1.54, 1.807) is 7.11 Å². The Morgan fingerprint density at radius 1 is 1.24 bits per heavy atom. The van der Waals surface area contributed by atoms with Crippen LogP contribution in [-0.4, -0.2) is 19.5 Å². The molecule has 0 fully saturated rings. The minimum Gasteiger partial charge on any atom is -0.497 e. The molecule has 3 heteroatoms. The van der Waals surface area contributed by atoms with Gasteiger partial charge in [0, 0.05) is 12.0 Å². The van der Waals surface area contributed by atoms with Crippen LogP contribution in [0.4, 0.5) is 0 Å². The number of amidine groups is 1. The highest BCUT2D eigenvalue weighted by molar-refractivity contribution is 5.85. The summed E-state index contributed by atoms with van der Waals surface area (Å²) >= 11 is 0. The lowest BCUT2D eigenvalue weighted by Crippen LogP contribution is -2.29. The third-order valence-corrected chi connectivity index (χ3v) is 2.61. The van der Waals surface area contributed by atoms with Crippen molar-refractivity contribution in [2.24, 2.45) is 16.1 Å². The van der Waals surface area contributed by atoms with E-state index in [2.05, 4.69) is 37.9 Å². The normalized spacial score (nSPS) is 12.6. The molecule has 1 aromatic carbocycles. The Morgan fingerprint density at radius 3 is 2.29 bits per heavy atom. The first-order valence-electron chi connectivity index (χ1n) is 5.87. The number of methoxy groups -OCH3 is 1. The van der Waals surface area contributed by atoms with Crippen molar-refractivity contribution in [3.63, 3.8) is 0 Å². The molecule has 0 heterocycles. The van der Waals surface area contributed by atoms with Crippen molar-refractivity contribution in [3.05, 3.63) is 29.8 Å². The fraction of sp³-hybridized carbons (Fsp3) is 0.500. The van der Waals surface area contributed by atoms with Crippen molar-refractivity contribution in [3.8, 4) is 5.75 Å². The molecule has 94 valence electrons. The maximum Gasteiger partial charge on any atom is 0.118 e. The maximum atomic E-state index is 5.89. The second kappa shape index (κ2) is 5.71. The van der Waals surface area contributed by atoms with Crippen molar-refractivity contribution in [2.45, 2.75) is 27.2 Å². The zero-order chi connectivity index (χ0) is 12.9. The highest BCUT2D eigenvalue weighted by Crippen LogP contribution is 2.14. The van der Waals surface area contributed by atoms with Gasteiger partial charge >= 0.3 is 0 Å². The molecule has 3 nitrogen and oxygen atoms in total. The number of hydrogen-bond acceptors (Lipinski definition) is 2. The van der Waals surface area contributed by atoms with E-state index in [9.17, 15) is 0 Å². The van der Waals surface area contributed by atoms with Crippen LogP contribution in [0.3, 0.4) is 0 Å². The molecule has 0 aromatic heterocycles. The number of nitrogens with zero attached hydrogens (tertiary/aromatic N) is 1. The summed E-state index contributed by atoms with van der Waals surface area (Å²) in [6.07, 6.45) is 0.904. The monoisotopic (exact) mass is 234 g/mol. The molecule has 0 unspecified atom stereocenters. The summed E-state index contributed by atoms with van der Waals surface area (Å²) < 4.78 is 5.11. The third kappa shape index (κ3) is 4.47. The molecule has 0 radical (unpaired) electrons. The average Bonchev–Trinajstić information content (AvgIpc) is 2.28. The van der Waals surface area contributed by atoms with E-state index < -0.39 is 0 Å². The molecule has 0 atom stereocenters. The van der Waals surface area contributed by atoms with Gasteiger partial charge in [-0.25, -0.2) is 0 Å². The van der Waals surface area contributed by atoms with Gasteiger partial charge in [0.2, 0.25) is 0 Å². The fourth-order valence-electron chi connectivity index (χ4n) is 1.33. The number of nitrogens with two attached hydrogens (primary N) is 1. The van der Waals surface area contributed by atoms with E-state index in [1.807, 2.05) is 12.1 Å². The van der Waals surface area contributed by atoms with Gasteiger partial charge in [0.1, 0.15) is 5.75 Å². The molecule has 17 heavy (non-hydrogen) atoms. The van der Waals surface area contributed by atoms with E-state index in [-0.39, 0.29) is 5.41 Å². The highest BCUT2D eigenvalue weighted by atomic mass is 16.5. The standard InChI is InChI=1S/C14H22N2O/c1-14(2,3)13(15)16-10-9-11-5-7-12(17-4)8-6-11/h5-8H,9-10H2,1-4H3,(H2,15,16). The van der Waals surface area contributed by atoms with Crippen LogP contribution in [0.2, 0.25) is 0 Å². The zero-order valence-electron chi connectivity index (χ0n) is 11.2. The zero-order valence-corrected chi connectivity index (χ0v) is 11.2. The van der Waals surface area contributed by atoms with Crippen LogP contribution in [0.5, 0.6) is 5.75 Å². The number of benzene rings is 1. The van der Waals surface area contributed by atoms with Crippen LogP contribution in [0.1, 0.15) is 26.3 Å². The van der Waals surface area contributed by atoms with Gasteiger partial charge in [0.05, 0.1) is 12.9 Å². The summed E-state index contributed by atoms with van der Waals surface area (Å²) in [6.45, 7) is 6.94. The van der Waals surface area contributed by atoms with Crippen LogP contribution in [0.25, 0.3) is 0 Å². The average molecular weight is 234 g/mol. The molecule has 0 aliphatic heterocycles. The minimum atomic E-state index is -0.0418. The number of hydrogen-bond donors (Lipinski definition) is 1. The van der Waals surface area contributed by atoms with Crippen molar-refractivity contribution in [1.82, 2.24) is 0 Å². The van der Waals surface area contributed by atoms with Crippen molar-refractivity contribution < 1.29 is 4.74 Å². The number of ether oxygens (including phenoxy) is 1. The largest absolute Gasteiger partial charge is 0.497 e. The highest BCUT2D eigenvalue weighted by Gasteiger charge is 2.14. The Bertz CT molecular complexity index is 374. The molecule has 1 rings (SSSR count). The van der Waals surface area contributed by atoms with Crippen LogP contribution in [-0.2, 0) is 6.42 Å². The van der Waals surface area contributed by atoms with Gasteiger partial charge in [-0.2, -0.15) is 0 Å². The maximum absolute atomic E-state index is 5.89. The minimum absolute atomic E-state index is 0.0418. The first-order valence-corrected chi connectivity index (χ1v) is 5.87. The Labute approximate surface area is 104 Å². The smallest absolute Gasteiger partial charge is 0.118 e. The molecule has 0 saturated heterocycles. The van der Waals surface area contributed by atoms with E-state index in [0.717, 1.165) is 18.7 Å². The van der Waals surface area contributed by atoms with Crippen molar-refractivity contribution in [2.75, 3.05) is 13.7 Å². The van der Waals surface area contributed by atoms with Crippen molar-refractivity contribution in [1.29, 1.82) is 0 Å². The number of rotatable bonds is 4. The molecular weight excluding hydrogens is 212 g/mol. The van der Waals surface area contributed by atoms with Gasteiger partial charge in [0.25, 0.3) is 0 Å². The Balaban J connectivity index is 2.51. The van der Waals surface area contributed by atoms with Gasteiger partial charge in [-0.1, -0.05) is 32.9 Å². The predicted molar refractivity (Wildman–Crippen MR) is 72.6 cm³/mol. The summed E-state index contributed by atoms with van der Waals surface area (Å²) in [5.41, 5.74) is 7.10. The van der Waals surface area contributed by atoms with E-state index >= 15 is 0 Å². The molecule has 0 aliphatic carbocycles. The van der Waals surface area contributed by atoms with E-state index in [4.69, 9.17) is 10.5 Å². The molecule has 0 bridgehead atoms. The van der Waals surface area contributed by atoms with Crippen LogP contribution in [0.15, 0.2) is 29.3 Å². The first-order chi connectivity index (χ1) is 7.93. The second-order valence-corrected chi connectivity index (χ2v) is 5.12. The lowest BCUT2D eigenvalue weighted by atomic mass is 9.95. The van der Waals surface area contributed by atoms with Gasteiger partial charge < -0.3 is 10.5 Å². The van der Waals surface area contributed by atoms with Crippen molar-refractivity contribution >= 4 is 5.84 Å². The lowest BCUT2D eigenvalue weighted by molar-refractivity contribution is 0.414. The molecule has 0 amide bonds. The van der Waals surface area contributed by atoms with Crippen LogP contribution < -0.4 is 10.5 Å². The predicted octanol–water partition coefficient (Wildman–Crippen LogP) is 2.64. The Morgan fingerprint density at radius 2 is 1.82 bits per heavy atom. The van der Waals surface area contributed by atoms with Crippen LogP contribution >= 0.6 is 0 Å². The topological polar surface area (TPSA) is 47.6 Å². The molecule has 0 aliphatic rings. The molecule has 0 saturated carbocycles. The Kier molecular flexibility index (Phi) is 4.55. The second-order valence-electron chi connectivity index (χ2n) is 5.12. The van der Waals surface area contributed by atoms with Gasteiger partial charge in [0.15, 0.2) is 0 Å². The van der Waals surface area contributed by atoms with E-state index in [0.29, 0.717) is 5.84 Å². The third-order valence-electron chi connectivity index (χ3n) is 2.61. The summed E-state index contributed by atoms with van der Waals surface area (Å²) in [6, 6.07) is 8.04. The molecule has 0 spiro atoms. The lowest BCUT2D eigenvalue weighted by Gasteiger charge is -2.17. The van der Waals surface area contributed by atoms with Gasteiger partial charge in [-0.15, -0.1) is 0 Å². The molecular formula is C14H22N2O. The fourth-order valence-corrected chi connectivity index (χ4v) is 1.33. The summed E-state index contributed by atoms with van der Waals surface area (Å²) in [5, 5.41) is 0. The quantitative estimate of drug-likeness (QED) is 0.643. The van der Waals surface area contributed by atoms with Gasteiger partial charge in [-0.3, -0.25) is 4.99 Å². The SMILES string of the molecule is COc1ccc(CCN=C(N)C(C)(C)C)cc1.